The fraction of sp³-hybridized carbons (Fsp3) is 0. The minimum Gasteiger partial charge on any atom is -0.231 e. The molecule has 0 aliphatic carbocycles. The third kappa shape index (κ3) is 1.35. The average molecular weight is 230 g/mol. The van der Waals surface area contributed by atoms with E-state index in [2.05, 4.69) is 31.0 Å². The summed E-state index contributed by atoms with van der Waals surface area (Å²) >= 11 is 2.97. The summed E-state index contributed by atoms with van der Waals surface area (Å²) in [5.74, 6) is -0.103. The Bertz CT molecular complexity index is 598. The van der Waals surface area contributed by atoms with Crippen LogP contribution in [0.1, 0.15) is 6.85 Å². The fourth-order valence-corrected chi connectivity index (χ4v) is 0.900. The molecule has 60 valence electrons. The third-order valence-corrected chi connectivity index (χ3v) is 1.44. The first-order valence-corrected chi connectivity index (χ1v) is 3.75. The van der Waals surface area contributed by atoms with Gasteiger partial charge in [-0.15, -0.1) is 0 Å². The lowest BCUT2D eigenvalue weighted by molar-refractivity contribution is 0.833. The largest absolute Gasteiger partial charge is 0.231 e. The highest BCUT2D eigenvalue weighted by Crippen LogP contribution is 2.05. The summed E-state index contributed by atoms with van der Waals surface area (Å²) in [4.78, 5) is 7.44. The predicted octanol–water partition coefficient (Wildman–Crippen LogP) is 1.42. The Hall–Kier alpha value is -1.23. The second kappa shape index (κ2) is 3.02. The van der Waals surface area contributed by atoms with Crippen molar-refractivity contribution in [3.63, 3.8) is 0 Å². The zero-order valence-electron chi connectivity index (χ0n) is 10.7. The highest BCUT2D eigenvalue weighted by atomic mass is 79.9. The van der Waals surface area contributed by atoms with Crippen molar-refractivity contribution in [1.29, 1.82) is 0 Å². The maximum Gasteiger partial charge on any atom is 0.198 e. The molecule has 2 aromatic heterocycles. The average Bonchev–Trinajstić information content (AvgIpc) is 2.51. The molecule has 0 amide bonds. The zero-order chi connectivity index (χ0) is 12.7. The van der Waals surface area contributed by atoms with Crippen molar-refractivity contribution in [1.82, 2.24) is 19.7 Å². The molecular formula is C7H5BrN4. The first-order chi connectivity index (χ1) is 7.91. The van der Waals surface area contributed by atoms with Gasteiger partial charge in [0.1, 0.15) is 0 Å². The molecule has 0 aliphatic heterocycles. The van der Waals surface area contributed by atoms with E-state index in [-0.39, 0.29) is 41.2 Å². The summed E-state index contributed by atoms with van der Waals surface area (Å²) in [5.41, 5.74) is 0. The molecule has 0 radical (unpaired) electrons. The summed E-state index contributed by atoms with van der Waals surface area (Å²) in [6, 6.07) is -0.671. The molecule has 0 saturated heterocycles. The minimum atomic E-state index is -0.379. The van der Waals surface area contributed by atoms with Crippen LogP contribution in [0.4, 0.5) is 0 Å². The number of rotatable bonds is 1. The van der Waals surface area contributed by atoms with Crippen LogP contribution in [0, 0.1) is 0 Å². The van der Waals surface area contributed by atoms with Crippen LogP contribution in [0.15, 0.2) is 35.3 Å². The van der Waals surface area contributed by atoms with Crippen molar-refractivity contribution >= 4 is 15.9 Å². The first-order valence-electron chi connectivity index (χ1n) is 5.45. The van der Waals surface area contributed by atoms with Crippen LogP contribution in [0.3, 0.4) is 0 Å². The highest BCUT2D eigenvalue weighted by molar-refractivity contribution is 9.10. The summed E-state index contributed by atoms with van der Waals surface area (Å²) in [6.45, 7) is 0. The van der Waals surface area contributed by atoms with E-state index < -0.39 is 0 Å². The lowest BCUT2D eigenvalue weighted by Gasteiger charge is -1.98. The Morgan fingerprint density at radius 1 is 1.50 bits per heavy atom. The first kappa shape index (κ1) is 3.66. The van der Waals surface area contributed by atoms with Gasteiger partial charge in [0, 0.05) is 24.6 Å². The van der Waals surface area contributed by atoms with E-state index in [4.69, 9.17) is 6.85 Å². The van der Waals surface area contributed by atoms with Crippen LogP contribution < -0.4 is 0 Å². The number of nitrogens with zero attached hydrogens (tertiary/aromatic N) is 4. The molecule has 2 rings (SSSR count). The van der Waals surface area contributed by atoms with Gasteiger partial charge in [-0.3, -0.25) is 0 Å². The van der Waals surface area contributed by atoms with E-state index in [9.17, 15) is 0 Å². The van der Waals surface area contributed by atoms with Gasteiger partial charge in [0.05, 0.1) is 6.85 Å². The van der Waals surface area contributed by atoms with Crippen LogP contribution >= 0.6 is 15.9 Å². The zero-order valence-corrected chi connectivity index (χ0v) is 7.25. The van der Waals surface area contributed by atoms with Gasteiger partial charge in [-0.25, -0.2) is 14.6 Å². The molecule has 0 bridgehead atoms. The molecule has 12 heavy (non-hydrogen) atoms. The normalized spacial score (nSPS) is 15.9. The fourth-order valence-electron chi connectivity index (χ4n) is 0.643. The van der Waals surface area contributed by atoms with E-state index in [1.165, 1.54) is 0 Å². The van der Waals surface area contributed by atoms with Gasteiger partial charge in [-0.05, 0) is 22.0 Å². The minimum absolute atomic E-state index is 0.0847. The van der Waals surface area contributed by atoms with Gasteiger partial charge in [-0.2, -0.15) is 5.10 Å². The van der Waals surface area contributed by atoms with Crippen molar-refractivity contribution in [3.8, 4) is 5.82 Å². The Balaban J connectivity index is 2.72. The van der Waals surface area contributed by atoms with E-state index in [0.717, 1.165) is 4.68 Å². The van der Waals surface area contributed by atoms with Crippen molar-refractivity contribution in [3.05, 3.63) is 35.3 Å². The smallest absolute Gasteiger partial charge is 0.198 e. The van der Waals surface area contributed by atoms with Crippen LogP contribution in [0.5, 0.6) is 0 Å². The van der Waals surface area contributed by atoms with Crippen LogP contribution in [-0.2, 0) is 0 Å². The van der Waals surface area contributed by atoms with Crippen LogP contribution in [-0.4, -0.2) is 19.7 Å². The number of hydrogen-bond donors (Lipinski definition) is 0. The Labute approximate surface area is 84.4 Å². The molecular weight excluding hydrogens is 220 g/mol. The summed E-state index contributed by atoms with van der Waals surface area (Å²) in [5, 5.41) is 3.62. The molecule has 0 N–H and O–H groups in total. The molecule has 0 fully saturated rings. The second-order valence-electron chi connectivity index (χ2n) is 1.81. The summed E-state index contributed by atoms with van der Waals surface area (Å²) in [7, 11) is 0. The van der Waals surface area contributed by atoms with E-state index in [1.807, 2.05) is 0 Å². The molecule has 0 aromatic carbocycles. The second-order valence-corrected chi connectivity index (χ2v) is 2.52. The maximum atomic E-state index is 7.61. The Kier molecular flexibility index (Phi) is 0.920. The van der Waals surface area contributed by atoms with Crippen molar-refractivity contribution in [2.45, 2.75) is 0 Å². The van der Waals surface area contributed by atoms with Crippen molar-refractivity contribution in [2.24, 2.45) is 0 Å². The Morgan fingerprint density at radius 2 is 2.42 bits per heavy atom. The standard InChI is InChI=1S/C7H5BrN4/c8-7-9-4-2-6(11-7)12-5-1-3-10-12/h1-5H/i1D,2D,3D,4D,5D. The molecule has 0 spiro atoms. The van der Waals surface area contributed by atoms with Crippen molar-refractivity contribution < 1.29 is 6.85 Å². The lowest BCUT2D eigenvalue weighted by atomic mass is 10.6. The van der Waals surface area contributed by atoms with Gasteiger partial charge in [-0.1, -0.05) is 0 Å². The predicted molar refractivity (Wildman–Crippen MR) is 46.9 cm³/mol. The molecule has 0 atom stereocenters. The monoisotopic (exact) mass is 229 g/mol. The molecule has 0 aliphatic rings. The van der Waals surface area contributed by atoms with Crippen LogP contribution in [0.2, 0.25) is 0 Å². The van der Waals surface area contributed by atoms with E-state index in [1.54, 1.807) is 0 Å². The SMILES string of the molecule is [2H]c1nc(Br)nc(-n2nc([2H])c([2H])c2[2H])c1[2H]. The van der Waals surface area contributed by atoms with Crippen LogP contribution in [0.25, 0.3) is 5.82 Å². The van der Waals surface area contributed by atoms with Crippen molar-refractivity contribution in [2.75, 3.05) is 0 Å². The number of hydrogen-bond acceptors (Lipinski definition) is 3. The van der Waals surface area contributed by atoms with E-state index in [0.29, 0.717) is 0 Å². The third-order valence-electron chi connectivity index (χ3n) is 1.08. The van der Waals surface area contributed by atoms with Gasteiger partial charge in [0.25, 0.3) is 0 Å². The van der Waals surface area contributed by atoms with Gasteiger partial charge >= 0.3 is 0 Å². The molecule has 5 heteroatoms. The maximum absolute atomic E-state index is 7.61. The van der Waals surface area contributed by atoms with E-state index >= 15 is 0 Å². The van der Waals surface area contributed by atoms with Gasteiger partial charge in [0.2, 0.25) is 0 Å². The number of aromatic nitrogens is 4. The summed E-state index contributed by atoms with van der Waals surface area (Å²) in [6.07, 6.45) is -1.06. The molecule has 2 aromatic rings. The lowest BCUT2D eigenvalue weighted by Crippen LogP contribution is -1.98. The quantitative estimate of drug-likeness (QED) is 0.696. The summed E-state index contributed by atoms with van der Waals surface area (Å²) < 4.78 is 38.2. The molecule has 0 unspecified atom stereocenters. The van der Waals surface area contributed by atoms with Gasteiger partial charge < -0.3 is 0 Å². The number of halogens is 1. The van der Waals surface area contributed by atoms with Gasteiger partial charge in [0.15, 0.2) is 10.6 Å². The molecule has 4 nitrogen and oxygen atoms in total. The topological polar surface area (TPSA) is 43.6 Å². The Morgan fingerprint density at radius 3 is 3.17 bits per heavy atom. The molecule has 0 saturated carbocycles. The molecule has 2 heterocycles. The highest BCUT2D eigenvalue weighted by Gasteiger charge is 1.97.